The van der Waals surface area contributed by atoms with Crippen molar-refractivity contribution in [3.63, 3.8) is 0 Å². The van der Waals surface area contributed by atoms with Gasteiger partial charge >= 0.3 is 0 Å². The second-order valence-electron chi connectivity index (χ2n) is 4.78. The maximum atomic E-state index is 6.57. The van der Waals surface area contributed by atoms with Crippen LogP contribution in [0.1, 0.15) is 18.4 Å². The zero-order chi connectivity index (χ0) is 11.4. The van der Waals surface area contributed by atoms with Crippen molar-refractivity contribution in [1.29, 1.82) is 0 Å². The number of hydrogen-bond acceptors (Lipinski definition) is 1. The van der Waals surface area contributed by atoms with E-state index < -0.39 is 8.32 Å². The molecular weight excluding hydrogens is 236 g/mol. The maximum absolute atomic E-state index is 6.57. The predicted octanol–water partition coefficient (Wildman–Crippen LogP) is 3.76. The van der Waals surface area contributed by atoms with Crippen molar-refractivity contribution in [3.05, 3.63) is 35.9 Å². The summed E-state index contributed by atoms with van der Waals surface area (Å²) >= 11 is 6.57. The average molecular weight is 255 g/mol. The fourth-order valence-corrected chi connectivity index (χ4v) is 5.80. The smallest absolute Gasteiger partial charge is 0.207 e. The van der Waals surface area contributed by atoms with Crippen LogP contribution in [0.2, 0.25) is 12.6 Å². The van der Waals surface area contributed by atoms with Gasteiger partial charge in [0.25, 0.3) is 0 Å². The molecule has 2 rings (SSSR count). The highest BCUT2D eigenvalue weighted by molar-refractivity contribution is 6.80. The third kappa shape index (κ3) is 2.87. The molecule has 1 aromatic rings. The van der Waals surface area contributed by atoms with E-state index in [9.17, 15) is 0 Å². The molecule has 1 aromatic carbocycles. The van der Waals surface area contributed by atoms with E-state index in [1.807, 2.05) is 6.07 Å². The Morgan fingerprint density at radius 2 is 2.06 bits per heavy atom. The normalized spacial score (nSPS) is 27.6. The van der Waals surface area contributed by atoms with Gasteiger partial charge in [-0.05, 0) is 31.0 Å². The number of alkyl halides is 1. The van der Waals surface area contributed by atoms with E-state index in [4.69, 9.17) is 16.0 Å². The summed E-state index contributed by atoms with van der Waals surface area (Å²) in [7, 11) is -1.66. The van der Waals surface area contributed by atoms with Gasteiger partial charge in [-0.15, -0.1) is 11.6 Å². The molecule has 16 heavy (non-hydrogen) atoms. The first-order valence-corrected chi connectivity index (χ1v) is 9.15. The van der Waals surface area contributed by atoms with Crippen LogP contribution < -0.4 is 0 Å². The van der Waals surface area contributed by atoms with E-state index in [1.54, 1.807) is 0 Å². The Hall–Kier alpha value is -0.313. The molecule has 0 aromatic heterocycles. The van der Waals surface area contributed by atoms with Crippen molar-refractivity contribution in [2.45, 2.75) is 36.9 Å². The topological polar surface area (TPSA) is 9.23 Å². The molecule has 1 fully saturated rings. The molecule has 1 saturated heterocycles. The third-order valence-electron chi connectivity index (χ3n) is 3.42. The van der Waals surface area contributed by atoms with Crippen LogP contribution >= 0.6 is 11.6 Å². The molecular formula is C13H19ClOSi. The van der Waals surface area contributed by atoms with Gasteiger partial charge in [0, 0.05) is 6.61 Å². The van der Waals surface area contributed by atoms with E-state index in [0.29, 0.717) is 0 Å². The van der Waals surface area contributed by atoms with Crippen LogP contribution in [0.25, 0.3) is 0 Å². The number of benzene rings is 1. The van der Waals surface area contributed by atoms with Crippen LogP contribution in [-0.4, -0.2) is 19.9 Å². The highest BCUT2D eigenvalue weighted by Crippen LogP contribution is 2.29. The summed E-state index contributed by atoms with van der Waals surface area (Å²) in [5.41, 5.74) is 1.32. The SMILES string of the molecule is C[Si]1(C(Cl)Cc2ccccc2)CCCCO1. The van der Waals surface area contributed by atoms with Crippen LogP contribution in [0.15, 0.2) is 30.3 Å². The molecule has 2 atom stereocenters. The molecule has 1 heterocycles. The van der Waals surface area contributed by atoms with Gasteiger partial charge in [0.15, 0.2) is 0 Å². The van der Waals surface area contributed by atoms with E-state index in [1.165, 1.54) is 24.4 Å². The van der Waals surface area contributed by atoms with E-state index >= 15 is 0 Å². The fourth-order valence-electron chi connectivity index (χ4n) is 2.24. The van der Waals surface area contributed by atoms with Gasteiger partial charge < -0.3 is 4.43 Å². The Bertz CT molecular complexity index is 322. The van der Waals surface area contributed by atoms with Crippen molar-refractivity contribution in [2.75, 3.05) is 6.61 Å². The van der Waals surface area contributed by atoms with Crippen molar-refractivity contribution in [1.82, 2.24) is 0 Å². The van der Waals surface area contributed by atoms with Crippen LogP contribution in [0, 0.1) is 0 Å². The van der Waals surface area contributed by atoms with E-state index in [-0.39, 0.29) is 5.00 Å². The van der Waals surface area contributed by atoms with E-state index in [0.717, 1.165) is 13.0 Å². The highest BCUT2D eigenvalue weighted by Gasteiger charge is 2.38. The van der Waals surface area contributed by atoms with Crippen molar-refractivity contribution >= 4 is 19.9 Å². The van der Waals surface area contributed by atoms with Crippen molar-refractivity contribution < 1.29 is 4.43 Å². The Balaban J connectivity index is 1.99. The highest BCUT2D eigenvalue weighted by atomic mass is 35.5. The molecule has 0 bridgehead atoms. The summed E-state index contributed by atoms with van der Waals surface area (Å²) in [6, 6.07) is 11.7. The third-order valence-corrected chi connectivity index (χ3v) is 8.70. The van der Waals surface area contributed by atoms with Crippen LogP contribution in [0.4, 0.5) is 0 Å². The van der Waals surface area contributed by atoms with Crippen LogP contribution in [0.3, 0.4) is 0 Å². The molecule has 1 aliphatic rings. The van der Waals surface area contributed by atoms with Gasteiger partial charge in [-0.1, -0.05) is 36.8 Å². The van der Waals surface area contributed by atoms with Gasteiger partial charge in [0.2, 0.25) is 8.32 Å². The average Bonchev–Trinajstić information content (AvgIpc) is 2.31. The fraction of sp³-hybridized carbons (Fsp3) is 0.538. The molecule has 0 radical (unpaired) electrons. The number of rotatable bonds is 3. The van der Waals surface area contributed by atoms with Crippen molar-refractivity contribution in [2.24, 2.45) is 0 Å². The molecule has 1 aliphatic heterocycles. The Morgan fingerprint density at radius 3 is 2.69 bits per heavy atom. The lowest BCUT2D eigenvalue weighted by Gasteiger charge is -2.35. The van der Waals surface area contributed by atoms with Crippen LogP contribution in [-0.2, 0) is 10.8 Å². The zero-order valence-electron chi connectivity index (χ0n) is 9.79. The first-order valence-electron chi connectivity index (χ1n) is 6.03. The van der Waals surface area contributed by atoms with E-state index in [2.05, 4.69) is 30.8 Å². The lowest BCUT2D eigenvalue weighted by atomic mass is 10.2. The largest absolute Gasteiger partial charge is 0.416 e. The van der Waals surface area contributed by atoms with Gasteiger partial charge in [-0.2, -0.15) is 0 Å². The Morgan fingerprint density at radius 1 is 1.31 bits per heavy atom. The van der Waals surface area contributed by atoms with Crippen molar-refractivity contribution in [3.8, 4) is 0 Å². The molecule has 2 unspecified atom stereocenters. The monoisotopic (exact) mass is 254 g/mol. The zero-order valence-corrected chi connectivity index (χ0v) is 11.5. The maximum Gasteiger partial charge on any atom is 0.207 e. The summed E-state index contributed by atoms with van der Waals surface area (Å²) in [6.07, 6.45) is 3.45. The lowest BCUT2D eigenvalue weighted by Crippen LogP contribution is -2.48. The lowest BCUT2D eigenvalue weighted by molar-refractivity contribution is 0.268. The second-order valence-corrected chi connectivity index (χ2v) is 9.78. The molecule has 0 N–H and O–H groups in total. The van der Waals surface area contributed by atoms with Gasteiger partial charge in [-0.3, -0.25) is 0 Å². The summed E-state index contributed by atoms with van der Waals surface area (Å²) in [6.45, 7) is 3.20. The first kappa shape index (κ1) is 12.2. The standard InChI is InChI=1S/C13H19ClOSi/c1-16(10-6-5-9-15-16)13(14)11-12-7-3-2-4-8-12/h2-4,7-8,13H,5-6,9-11H2,1H3. The second kappa shape index (κ2) is 5.35. The number of hydrogen-bond donors (Lipinski definition) is 0. The minimum Gasteiger partial charge on any atom is -0.416 e. The molecule has 0 saturated carbocycles. The summed E-state index contributed by atoms with van der Waals surface area (Å²) in [5.74, 6) is 0. The predicted molar refractivity (Wildman–Crippen MR) is 71.4 cm³/mol. The first-order chi connectivity index (χ1) is 7.71. The minimum atomic E-state index is -1.66. The van der Waals surface area contributed by atoms with Gasteiger partial charge in [0.05, 0.1) is 5.00 Å². The van der Waals surface area contributed by atoms with Gasteiger partial charge in [0.1, 0.15) is 0 Å². The summed E-state index contributed by atoms with van der Waals surface area (Å²) in [4.78, 5) is 0. The molecule has 88 valence electrons. The Kier molecular flexibility index (Phi) is 4.06. The van der Waals surface area contributed by atoms with Crippen LogP contribution in [0.5, 0.6) is 0 Å². The minimum absolute atomic E-state index is 0.204. The summed E-state index contributed by atoms with van der Waals surface area (Å²) in [5, 5.41) is 0.204. The molecule has 3 heteroatoms. The van der Waals surface area contributed by atoms with Gasteiger partial charge in [-0.25, -0.2) is 0 Å². The Labute approximate surface area is 104 Å². The molecule has 0 aliphatic carbocycles. The molecule has 0 amide bonds. The molecule has 1 nitrogen and oxygen atoms in total. The molecule has 0 spiro atoms. The quantitative estimate of drug-likeness (QED) is 0.590. The number of halogens is 1. The summed E-state index contributed by atoms with van der Waals surface area (Å²) < 4.78 is 6.01.